The van der Waals surface area contributed by atoms with Crippen molar-refractivity contribution >= 4 is 28.9 Å². The van der Waals surface area contributed by atoms with E-state index in [9.17, 15) is 14.0 Å². The molecule has 0 bridgehead atoms. The number of nitrogens with one attached hydrogen (secondary N) is 1. The molecule has 0 radical (unpaired) electrons. The molecule has 7 heteroatoms. The van der Waals surface area contributed by atoms with Crippen LogP contribution in [0.5, 0.6) is 0 Å². The molecule has 25 heavy (non-hydrogen) atoms. The van der Waals surface area contributed by atoms with Crippen molar-refractivity contribution in [3.63, 3.8) is 0 Å². The van der Waals surface area contributed by atoms with E-state index in [1.54, 1.807) is 16.8 Å². The van der Waals surface area contributed by atoms with E-state index in [4.69, 9.17) is 5.73 Å². The molecule has 0 unspecified atom stereocenters. The minimum absolute atomic E-state index is 0.0376. The molecule has 1 heterocycles. The number of nitrogens with zero attached hydrogens (tertiary/aromatic N) is 2. The SMILES string of the molecule is NC(=O)Cn1cc(C=NNC(=O)c2ccccc2F)c2ccccc21. The van der Waals surface area contributed by atoms with Gasteiger partial charge in [0.2, 0.25) is 5.91 Å². The lowest BCUT2D eigenvalue weighted by atomic mass is 10.2. The summed E-state index contributed by atoms with van der Waals surface area (Å²) in [5.74, 6) is -1.72. The molecule has 6 nitrogen and oxygen atoms in total. The lowest BCUT2D eigenvalue weighted by Crippen LogP contribution is -2.19. The van der Waals surface area contributed by atoms with Gasteiger partial charge in [0.25, 0.3) is 5.91 Å². The lowest BCUT2D eigenvalue weighted by Gasteiger charge is -2.00. The van der Waals surface area contributed by atoms with Crippen molar-refractivity contribution < 1.29 is 14.0 Å². The molecule has 0 aliphatic heterocycles. The maximum Gasteiger partial charge on any atom is 0.274 e. The topological polar surface area (TPSA) is 89.5 Å². The van der Waals surface area contributed by atoms with Gasteiger partial charge >= 0.3 is 0 Å². The van der Waals surface area contributed by atoms with Crippen LogP contribution in [0.2, 0.25) is 0 Å². The molecule has 0 saturated carbocycles. The van der Waals surface area contributed by atoms with E-state index < -0.39 is 17.6 Å². The fraction of sp³-hybridized carbons (Fsp3) is 0.0556. The Hall–Kier alpha value is -3.48. The summed E-state index contributed by atoms with van der Waals surface area (Å²) in [5.41, 5.74) is 8.98. The van der Waals surface area contributed by atoms with Gasteiger partial charge in [0.15, 0.2) is 0 Å². The van der Waals surface area contributed by atoms with Gasteiger partial charge in [0.05, 0.1) is 11.8 Å². The molecule has 0 aliphatic rings. The molecule has 0 saturated heterocycles. The van der Waals surface area contributed by atoms with Crippen LogP contribution < -0.4 is 11.2 Å². The summed E-state index contributed by atoms with van der Waals surface area (Å²) >= 11 is 0. The third kappa shape index (κ3) is 3.55. The van der Waals surface area contributed by atoms with E-state index in [1.165, 1.54) is 24.4 Å². The zero-order valence-electron chi connectivity index (χ0n) is 13.1. The Kier molecular flexibility index (Phi) is 4.56. The number of hydrazone groups is 1. The normalized spacial score (nSPS) is 11.1. The Bertz CT molecular complexity index is 978. The fourth-order valence-electron chi connectivity index (χ4n) is 2.54. The second-order valence-corrected chi connectivity index (χ2v) is 5.37. The zero-order chi connectivity index (χ0) is 17.8. The summed E-state index contributed by atoms with van der Waals surface area (Å²) in [6, 6.07) is 13.1. The number of para-hydroxylation sites is 1. The number of fused-ring (bicyclic) bond motifs is 1. The predicted octanol–water partition coefficient (Wildman–Crippen LogP) is 2.03. The number of carbonyl (C=O) groups excluding carboxylic acids is 2. The standard InChI is InChI=1S/C18H15FN4O2/c19-15-7-3-1-6-14(15)18(25)22-21-9-12-10-23(11-17(20)24)16-8-4-2-5-13(12)16/h1-10H,11H2,(H2,20,24)(H,22,25). The van der Waals surface area contributed by atoms with Crippen molar-refractivity contribution in [2.24, 2.45) is 10.8 Å². The predicted molar refractivity (Wildman–Crippen MR) is 92.6 cm³/mol. The molecule has 0 spiro atoms. The Morgan fingerprint density at radius 2 is 1.88 bits per heavy atom. The van der Waals surface area contributed by atoms with Crippen LogP contribution in [0.1, 0.15) is 15.9 Å². The monoisotopic (exact) mass is 338 g/mol. The molecular weight excluding hydrogens is 323 g/mol. The van der Waals surface area contributed by atoms with Crippen molar-refractivity contribution in [1.29, 1.82) is 0 Å². The zero-order valence-corrected chi connectivity index (χ0v) is 13.1. The smallest absolute Gasteiger partial charge is 0.274 e. The minimum Gasteiger partial charge on any atom is -0.368 e. The maximum absolute atomic E-state index is 13.6. The number of carbonyl (C=O) groups is 2. The Balaban J connectivity index is 1.83. The van der Waals surface area contributed by atoms with Crippen molar-refractivity contribution in [3.8, 4) is 0 Å². The van der Waals surface area contributed by atoms with Gasteiger partial charge in [-0.25, -0.2) is 9.82 Å². The van der Waals surface area contributed by atoms with Crippen LogP contribution in [0.15, 0.2) is 59.8 Å². The average molecular weight is 338 g/mol. The highest BCUT2D eigenvalue weighted by Gasteiger charge is 2.10. The van der Waals surface area contributed by atoms with Gasteiger partial charge in [-0.05, 0) is 18.2 Å². The third-order valence-corrected chi connectivity index (χ3v) is 3.63. The Morgan fingerprint density at radius 3 is 2.64 bits per heavy atom. The van der Waals surface area contributed by atoms with E-state index in [0.717, 1.165) is 10.9 Å². The second-order valence-electron chi connectivity index (χ2n) is 5.37. The fourth-order valence-corrected chi connectivity index (χ4v) is 2.54. The quantitative estimate of drug-likeness (QED) is 0.550. The van der Waals surface area contributed by atoms with Crippen LogP contribution in [0.4, 0.5) is 4.39 Å². The molecule has 1 aromatic heterocycles. The highest BCUT2D eigenvalue weighted by molar-refractivity contribution is 6.01. The molecular formula is C18H15FN4O2. The van der Waals surface area contributed by atoms with Crippen molar-refractivity contribution in [3.05, 3.63) is 71.7 Å². The van der Waals surface area contributed by atoms with Crippen LogP contribution in [0.25, 0.3) is 10.9 Å². The number of amides is 2. The van der Waals surface area contributed by atoms with Crippen LogP contribution in [-0.4, -0.2) is 22.6 Å². The summed E-state index contributed by atoms with van der Waals surface area (Å²) in [7, 11) is 0. The first-order chi connectivity index (χ1) is 12.1. The molecule has 3 N–H and O–H groups in total. The number of primary amides is 1. The van der Waals surface area contributed by atoms with Gasteiger partial charge in [-0.3, -0.25) is 9.59 Å². The van der Waals surface area contributed by atoms with Crippen LogP contribution in [0.3, 0.4) is 0 Å². The summed E-state index contributed by atoms with van der Waals surface area (Å²) in [5, 5.41) is 4.74. The number of halogens is 1. The van der Waals surface area contributed by atoms with Crippen molar-refractivity contribution in [2.75, 3.05) is 0 Å². The largest absolute Gasteiger partial charge is 0.368 e. The van der Waals surface area contributed by atoms with E-state index in [1.807, 2.05) is 24.3 Å². The molecule has 3 aromatic rings. The highest BCUT2D eigenvalue weighted by Crippen LogP contribution is 2.19. The number of hydrogen-bond acceptors (Lipinski definition) is 3. The summed E-state index contributed by atoms with van der Waals surface area (Å²) < 4.78 is 15.3. The highest BCUT2D eigenvalue weighted by atomic mass is 19.1. The lowest BCUT2D eigenvalue weighted by molar-refractivity contribution is -0.118. The van der Waals surface area contributed by atoms with Crippen LogP contribution in [-0.2, 0) is 11.3 Å². The molecule has 0 atom stereocenters. The molecule has 2 amide bonds. The van der Waals surface area contributed by atoms with Gasteiger partial charge in [-0.1, -0.05) is 30.3 Å². The first kappa shape index (κ1) is 16.4. The first-order valence-corrected chi connectivity index (χ1v) is 7.50. The second kappa shape index (κ2) is 6.96. The summed E-state index contributed by atoms with van der Waals surface area (Å²) in [6.07, 6.45) is 3.16. The molecule has 0 fully saturated rings. The first-order valence-electron chi connectivity index (χ1n) is 7.50. The van der Waals surface area contributed by atoms with E-state index >= 15 is 0 Å². The van der Waals surface area contributed by atoms with E-state index in [0.29, 0.717) is 5.56 Å². The third-order valence-electron chi connectivity index (χ3n) is 3.63. The van der Waals surface area contributed by atoms with Gasteiger partial charge in [0.1, 0.15) is 12.4 Å². The molecule has 0 aliphatic carbocycles. The maximum atomic E-state index is 13.6. The number of hydrogen-bond donors (Lipinski definition) is 2. The number of nitrogens with two attached hydrogens (primary N) is 1. The van der Waals surface area contributed by atoms with Crippen LogP contribution in [0, 0.1) is 5.82 Å². The van der Waals surface area contributed by atoms with Gasteiger partial charge in [-0.15, -0.1) is 0 Å². The molecule has 126 valence electrons. The van der Waals surface area contributed by atoms with E-state index in [2.05, 4.69) is 10.5 Å². The molecule has 2 aromatic carbocycles. The Morgan fingerprint density at radius 1 is 1.16 bits per heavy atom. The van der Waals surface area contributed by atoms with E-state index in [-0.39, 0.29) is 12.1 Å². The Labute approximate surface area is 142 Å². The van der Waals surface area contributed by atoms with Gasteiger partial charge in [0, 0.05) is 22.7 Å². The van der Waals surface area contributed by atoms with Crippen molar-refractivity contribution in [2.45, 2.75) is 6.54 Å². The summed E-state index contributed by atoms with van der Waals surface area (Å²) in [4.78, 5) is 23.1. The summed E-state index contributed by atoms with van der Waals surface area (Å²) in [6.45, 7) is 0.0376. The molecule has 3 rings (SSSR count). The number of rotatable bonds is 5. The van der Waals surface area contributed by atoms with Gasteiger partial charge < -0.3 is 10.3 Å². The van der Waals surface area contributed by atoms with Crippen LogP contribution >= 0.6 is 0 Å². The van der Waals surface area contributed by atoms with Gasteiger partial charge in [-0.2, -0.15) is 5.10 Å². The van der Waals surface area contributed by atoms with Crippen molar-refractivity contribution in [1.82, 2.24) is 9.99 Å². The average Bonchev–Trinajstić information content (AvgIpc) is 2.93. The number of aromatic nitrogens is 1. The minimum atomic E-state index is -0.643. The number of benzene rings is 2.